The van der Waals surface area contributed by atoms with Gasteiger partial charge in [-0.05, 0) is 28.7 Å². The first-order chi connectivity index (χ1) is 27.6. The highest BCUT2D eigenvalue weighted by molar-refractivity contribution is 6.35. The molecule has 58 heavy (non-hydrogen) atoms. The largest absolute Gasteiger partial charge is 0.392 e. The number of amides is 3. The molecule has 1 unspecified atom stereocenters. The van der Waals surface area contributed by atoms with E-state index in [4.69, 9.17) is 0 Å². The fourth-order valence-corrected chi connectivity index (χ4v) is 8.32. The number of piperidine rings is 2. The number of aliphatic hydroxyl groups is 3. The van der Waals surface area contributed by atoms with Crippen LogP contribution in [0.5, 0.6) is 0 Å². The smallest absolute Gasteiger partial charge is 0.312 e. The predicted molar refractivity (Wildman–Crippen MR) is 200 cm³/mol. The van der Waals surface area contributed by atoms with E-state index in [-0.39, 0.29) is 52.1 Å². The van der Waals surface area contributed by atoms with Crippen molar-refractivity contribution in [1.82, 2.24) is 39.5 Å². The fraction of sp³-hybridized carbons (Fsp3) is 0.475. The number of benzene rings is 2. The number of aromatic nitrogens is 4. The van der Waals surface area contributed by atoms with E-state index in [0.29, 0.717) is 23.0 Å². The van der Waals surface area contributed by atoms with Gasteiger partial charge in [-0.1, -0.05) is 48.5 Å². The summed E-state index contributed by atoms with van der Waals surface area (Å²) in [7, 11) is 0. The van der Waals surface area contributed by atoms with Crippen LogP contribution in [0.2, 0.25) is 0 Å². The van der Waals surface area contributed by atoms with E-state index >= 15 is 0 Å². The molecule has 5 atom stereocenters. The molecule has 4 fully saturated rings. The normalized spacial score (nSPS) is 25.3. The van der Waals surface area contributed by atoms with Crippen LogP contribution in [0.1, 0.15) is 62.3 Å². The number of rotatable bonds is 7. The molecule has 4 aliphatic heterocycles. The van der Waals surface area contributed by atoms with Crippen molar-refractivity contribution < 1.29 is 47.3 Å². The van der Waals surface area contributed by atoms with Gasteiger partial charge in [0.25, 0.3) is 17.8 Å². The molecular weight excluding hydrogens is 764 g/mol. The third-order valence-electron chi connectivity index (χ3n) is 11.7. The van der Waals surface area contributed by atoms with E-state index in [1.54, 1.807) is 12.4 Å². The van der Waals surface area contributed by atoms with Gasteiger partial charge in [0.1, 0.15) is 11.6 Å². The van der Waals surface area contributed by atoms with Crippen molar-refractivity contribution in [3.8, 4) is 33.6 Å². The molecule has 18 heteroatoms. The number of nitrogens with zero attached hydrogens (tertiary/aromatic N) is 6. The lowest BCUT2D eigenvalue weighted by Crippen LogP contribution is -2.52. The summed E-state index contributed by atoms with van der Waals surface area (Å²) in [6.07, 6.45) is -1.60. The van der Waals surface area contributed by atoms with Crippen molar-refractivity contribution in [1.29, 1.82) is 0 Å². The molecule has 0 saturated carbocycles. The molecule has 8 rings (SSSR count). The zero-order valence-electron chi connectivity index (χ0n) is 31.4. The summed E-state index contributed by atoms with van der Waals surface area (Å²) >= 11 is 0. The number of carbonyl (C=O) groups is 3. The van der Waals surface area contributed by atoms with Gasteiger partial charge < -0.3 is 40.0 Å². The van der Waals surface area contributed by atoms with Crippen molar-refractivity contribution in [3.63, 3.8) is 0 Å². The number of hydrogen-bond donors (Lipinski definition) is 5. The molecule has 3 amide bonds. The molecule has 0 spiro atoms. The molecule has 308 valence electrons. The lowest BCUT2D eigenvalue weighted by Gasteiger charge is -2.35. The number of imidazole rings is 2. The van der Waals surface area contributed by atoms with Gasteiger partial charge in [-0.2, -0.15) is 0 Å². The molecule has 4 aromatic rings. The minimum absolute atomic E-state index is 0.0209. The number of nitrogens with one attached hydrogen (secondary N) is 2. The molecule has 14 nitrogen and oxygen atoms in total. The summed E-state index contributed by atoms with van der Waals surface area (Å²) in [5.41, 5.74) is 4.83. The molecule has 0 aliphatic carbocycles. The van der Waals surface area contributed by atoms with Crippen molar-refractivity contribution in [3.05, 3.63) is 72.6 Å². The van der Waals surface area contributed by atoms with Gasteiger partial charge in [-0.3, -0.25) is 19.3 Å². The summed E-state index contributed by atoms with van der Waals surface area (Å²) in [6, 6.07) is 14.1. The molecular formula is C40H44F4N8O6. The predicted octanol–water partition coefficient (Wildman–Crippen LogP) is 3.71. The first-order valence-corrected chi connectivity index (χ1v) is 19.4. The van der Waals surface area contributed by atoms with Gasteiger partial charge in [0, 0.05) is 71.4 Å². The average Bonchev–Trinajstić information content (AvgIpc) is 4.04. The van der Waals surface area contributed by atoms with Crippen molar-refractivity contribution in [2.45, 2.75) is 80.9 Å². The zero-order chi connectivity index (χ0) is 40.9. The molecule has 5 N–H and O–H groups in total. The Morgan fingerprint density at radius 1 is 0.638 bits per heavy atom. The number of aliphatic hydroxyl groups excluding tert-OH is 3. The summed E-state index contributed by atoms with van der Waals surface area (Å²) < 4.78 is 54.6. The number of hydrogen-bond acceptors (Lipinski definition) is 9. The maximum atomic E-state index is 13.7. The monoisotopic (exact) mass is 808 g/mol. The van der Waals surface area contributed by atoms with Crippen LogP contribution in [0.3, 0.4) is 0 Å². The second-order valence-corrected chi connectivity index (χ2v) is 15.7. The topological polar surface area (TPSA) is 182 Å². The quantitative estimate of drug-likeness (QED) is 0.137. The number of carbonyl (C=O) groups excluding carboxylic acids is 3. The third kappa shape index (κ3) is 8.10. The van der Waals surface area contributed by atoms with E-state index < -0.39 is 85.8 Å². The molecule has 0 bridgehead atoms. The average molecular weight is 809 g/mol. The number of β-amino-alcohol motifs (C(OH)–C–C–N with tert-alkyl or cyclic N) is 2. The van der Waals surface area contributed by atoms with Crippen LogP contribution in [-0.4, -0.2) is 142 Å². The Morgan fingerprint density at radius 3 is 1.59 bits per heavy atom. The minimum Gasteiger partial charge on any atom is -0.392 e. The highest BCUT2D eigenvalue weighted by atomic mass is 19.3. The van der Waals surface area contributed by atoms with Gasteiger partial charge in [0.05, 0.1) is 48.1 Å². The van der Waals surface area contributed by atoms with E-state index in [2.05, 4.69) is 19.9 Å². The number of alkyl halides is 4. The van der Waals surface area contributed by atoms with Crippen molar-refractivity contribution in [2.24, 2.45) is 0 Å². The Balaban J connectivity index is 0.902. The lowest BCUT2D eigenvalue weighted by molar-refractivity contribution is -0.157. The molecule has 4 saturated heterocycles. The van der Waals surface area contributed by atoms with E-state index in [1.165, 1.54) is 14.7 Å². The Morgan fingerprint density at radius 2 is 1.07 bits per heavy atom. The van der Waals surface area contributed by atoms with Crippen LogP contribution in [0, 0.1) is 0 Å². The van der Waals surface area contributed by atoms with Crippen LogP contribution in [-0.2, 0) is 14.4 Å². The lowest BCUT2D eigenvalue weighted by atomic mass is 10.0. The Bertz CT molecular complexity index is 2130. The maximum Gasteiger partial charge on any atom is 0.312 e. The summed E-state index contributed by atoms with van der Waals surface area (Å²) in [4.78, 5) is 59.7. The third-order valence-corrected chi connectivity index (χ3v) is 11.7. The molecule has 6 heterocycles. The zero-order valence-corrected chi connectivity index (χ0v) is 31.4. The van der Waals surface area contributed by atoms with Gasteiger partial charge >= 0.3 is 11.8 Å². The van der Waals surface area contributed by atoms with Crippen molar-refractivity contribution in [2.75, 3.05) is 39.3 Å². The van der Waals surface area contributed by atoms with Gasteiger partial charge in [-0.15, -0.1) is 0 Å². The Hall–Kier alpha value is -5.17. The van der Waals surface area contributed by atoms with Gasteiger partial charge in [-0.25, -0.2) is 27.5 Å². The summed E-state index contributed by atoms with van der Waals surface area (Å²) in [5.74, 6) is -7.24. The molecule has 2 aromatic heterocycles. The number of likely N-dealkylation sites (tertiary alicyclic amines) is 4. The highest BCUT2D eigenvalue weighted by Gasteiger charge is 2.45. The number of aromatic amines is 2. The molecule has 0 radical (unpaired) electrons. The van der Waals surface area contributed by atoms with E-state index in [9.17, 15) is 47.3 Å². The number of H-pyrrole nitrogens is 2. The van der Waals surface area contributed by atoms with Crippen LogP contribution in [0.4, 0.5) is 17.6 Å². The number of halogens is 4. The van der Waals surface area contributed by atoms with Crippen LogP contribution < -0.4 is 0 Å². The van der Waals surface area contributed by atoms with Crippen molar-refractivity contribution >= 4 is 17.7 Å². The minimum atomic E-state index is -2.86. The highest BCUT2D eigenvalue weighted by Crippen LogP contribution is 2.37. The SMILES string of the molecule is O=C(C(=O)N1C[C@H](O)C[C@H]1c1ncc(-c2ccc(-c3ccc(-c4cnc([C@@H]5C[C@@H](O)CN5C(O)C(=O)N5CCC(F)(F)CC5)[nH]4)cc3)cc2)[nH]1)N1CCC(F)(F)CC1. The first-order valence-electron chi connectivity index (χ1n) is 19.4. The van der Waals surface area contributed by atoms with Crippen LogP contribution in [0.25, 0.3) is 33.6 Å². The van der Waals surface area contributed by atoms with Crippen LogP contribution >= 0.6 is 0 Å². The second kappa shape index (κ2) is 15.5. The Labute approximate surface area is 330 Å². The maximum absolute atomic E-state index is 13.7. The standard InChI is InChI=1S/C40H44F4N8O6/c41-39(42)9-13-49(14-10-39)35(55)37(57)51-21-27(53)17-31(51)33-45-19-29(47-33)25-5-1-23(2-6-25)24-3-7-26(8-4-24)30-20-46-34(48-30)32-18-28(54)22-52(32)38(58)36(56)50-15-11-40(43,44)12-16-50/h1-8,19-20,27-28,31-32,37,53-54,57H,9-18,21-22H2,(H,45,47)(H,46,48)/t27-,28-,31+,32+,37?/m1/s1. The summed E-state index contributed by atoms with van der Waals surface area (Å²) in [5, 5.41) is 31.9. The van der Waals surface area contributed by atoms with Gasteiger partial charge in [0.15, 0.2) is 6.23 Å². The van der Waals surface area contributed by atoms with Crippen LogP contribution in [0.15, 0.2) is 60.9 Å². The second-order valence-electron chi connectivity index (χ2n) is 15.7. The fourth-order valence-electron chi connectivity index (χ4n) is 8.32. The van der Waals surface area contributed by atoms with E-state index in [0.717, 1.165) is 27.2 Å². The van der Waals surface area contributed by atoms with Gasteiger partial charge in [0.2, 0.25) is 0 Å². The molecule has 4 aliphatic rings. The first kappa shape index (κ1) is 39.6. The Kier molecular flexibility index (Phi) is 10.6. The van der Waals surface area contributed by atoms with E-state index in [1.807, 2.05) is 48.5 Å². The molecule has 2 aromatic carbocycles. The summed E-state index contributed by atoms with van der Waals surface area (Å²) in [6.45, 7) is -0.788.